The Bertz CT molecular complexity index is 494. The zero-order valence-electron chi connectivity index (χ0n) is 8.37. The summed E-state index contributed by atoms with van der Waals surface area (Å²) in [6.07, 6.45) is 4.23. The van der Waals surface area contributed by atoms with Crippen LogP contribution >= 0.6 is 11.3 Å². The Morgan fingerprint density at radius 3 is 2.86 bits per heavy atom. The Balaban J connectivity index is 2.77. The van der Waals surface area contributed by atoms with Crippen LogP contribution in [-0.4, -0.2) is 0 Å². The van der Waals surface area contributed by atoms with E-state index in [1.54, 1.807) is 11.3 Å². The third-order valence-corrected chi connectivity index (χ3v) is 3.36. The van der Waals surface area contributed by atoms with E-state index in [4.69, 9.17) is 5.73 Å². The minimum absolute atomic E-state index is 0.839. The third-order valence-electron chi connectivity index (χ3n) is 2.27. The second-order valence-corrected chi connectivity index (χ2v) is 4.58. The van der Waals surface area contributed by atoms with Crippen LogP contribution in [0.1, 0.15) is 17.4 Å². The zero-order chi connectivity index (χ0) is 10.1. The highest BCUT2D eigenvalue weighted by atomic mass is 32.1. The van der Waals surface area contributed by atoms with Gasteiger partial charge in [0.15, 0.2) is 0 Å². The van der Waals surface area contributed by atoms with Gasteiger partial charge in [0, 0.05) is 20.7 Å². The molecule has 2 N–H and O–H groups in total. The van der Waals surface area contributed by atoms with Crippen molar-refractivity contribution >= 4 is 33.2 Å². The van der Waals surface area contributed by atoms with Crippen LogP contribution in [0.4, 0.5) is 5.69 Å². The van der Waals surface area contributed by atoms with Crippen molar-refractivity contribution in [2.45, 2.75) is 13.8 Å². The second kappa shape index (κ2) is 3.46. The third kappa shape index (κ3) is 1.42. The summed E-state index contributed by atoms with van der Waals surface area (Å²) >= 11 is 1.80. The van der Waals surface area contributed by atoms with Crippen LogP contribution < -0.4 is 5.73 Å². The van der Waals surface area contributed by atoms with E-state index in [2.05, 4.69) is 25.1 Å². The maximum atomic E-state index is 5.75. The second-order valence-electron chi connectivity index (χ2n) is 3.33. The fourth-order valence-electron chi connectivity index (χ4n) is 1.63. The summed E-state index contributed by atoms with van der Waals surface area (Å²) in [5, 5.41) is 1.31. The molecule has 0 spiro atoms. The molecule has 0 bridgehead atoms. The number of hydrogen-bond donors (Lipinski definition) is 1. The molecule has 0 amide bonds. The van der Waals surface area contributed by atoms with Gasteiger partial charge in [-0.3, -0.25) is 0 Å². The van der Waals surface area contributed by atoms with Crippen LogP contribution in [0.5, 0.6) is 0 Å². The summed E-state index contributed by atoms with van der Waals surface area (Å²) in [7, 11) is 0. The van der Waals surface area contributed by atoms with Crippen molar-refractivity contribution in [1.29, 1.82) is 0 Å². The number of aryl methyl sites for hydroxylation is 1. The molecule has 0 unspecified atom stereocenters. The Labute approximate surface area is 87.9 Å². The molecule has 2 aromatic rings. The molecule has 72 valence electrons. The summed E-state index contributed by atoms with van der Waals surface area (Å²) in [5.74, 6) is 0. The van der Waals surface area contributed by atoms with Crippen molar-refractivity contribution < 1.29 is 0 Å². The normalized spacial score (nSPS) is 11.6. The number of thiophene rings is 1. The highest BCUT2D eigenvalue weighted by Gasteiger charge is 2.05. The van der Waals surface area contributed by atoms with Crippen molar-refractivity contribution in [2.24, 2.45) is 0 Å². The number of hydrogen-bond acceptors (Lipinski definition) is 2. The minimum Gasteiger partial charge on any atom is -0.399 e. The van der Waals surface area contributed by atoms with Gasteiger partial charge in [0.2, 0.25) is 0 Å². The Morgan fingerprint density at radius 2 is 2.14 bits per heavy atom. The van der Waals surface area contributed by atoms with Gasteiger partial charge in [-0.2, -0.15) is 0 Å². The minimum atomic E-state index is 0.839. The van der Waals surface area contributed by atoms with Crippen LogP contribution in [-0.2, 0) is 0 Å². The average Bonchev–Trinajstić information content (AvgIpc) is 2.43. The van der Waals surface area contributed by atoms with Gasteiger partial charge < -0.3 is 5.73 Å². The molecular formula is C12H13NS. The molecule has 1 aromatic heterocycles. The lowest BCUT2D eigenvalue weighted by Crippen LogP contribution is -1.81. The first-order valence-electron chi connectivity index (χ1n) is 4.63. The molecule has 2 heteroatoms. The van der Waals surface area contributed by atoms with E-state index in [1.165, 1.54) is 20.5 Å². The molecular weight excluding hydrogens is 190 g/mol. The fraction of sp³-hybridized carbons (Fsp3) is 0.167. The molecule has 2 rings (SSSR count). The zero-order valence-corrected chi connectivity index (χ0v) is 9.19. The molecule has 0 atom stereocenters. The van der Waals surface area contributed by atoms with E-state index in [0.717, 1.165) is 5.69 Å². The van der Waals surface area contributed by atoms with E-state index in [1.807, 2.05) is 19.1 Å². The predicted molar refractivity (Wildman–Crippen MR) is 65.7 cm³/mol. The van der Waals surface area contributed by atoms with Gasteiger partial charge in [-0.25, -0.2) is 0 Å². The summed E-state index contributed by atoms with van der Waals surface area (Å²) < 4.78 is 1.27. The van der Waals surface area contributed by atoms with Crippen molar-refractivity contribution in [1.82, 2.24) is 0 Å². The standard InChI is InChI=1S/C12H13NS/c1-3-4-10-8(2)14-12-7-9(13)5-6-11(10)12/h3-7H,13H2,1-2H3/b4-3-. The maximum Gasteiger partial charge on any atom is 0.0372 e. The first-order valence-corrected chi connectivity index (χ1v) is 5.45. The number of benzene rings is 1. The summed E-state index contributed by atoms with van der Waals surface area (Å²) in [5.41, 5.74) is 7.91. The van der Waals surface area contributed by atoms with Gasteiger partial charge in [-0.05, 0) is 31.5 Å². The van der Waals surface area contributed by atoms with Crippen LogP contribution in [0.3, 0.4) is 0 Å². The lowest BCUT2D eigenvalue weighted by Gasteiger charge is -1.94. The molecule has 0 aliphatic heterocycles. The van der Waals surface area contributed by atoms with E-state index >= 15 is 0 Å². The highest BCUT2D eigenvalue weighted by Crippen LogP contribution is 2.32. The van der Waals surface area contributed by atoms with Crippen molar-refractivity contribution in [2.75, 3.05) is 5.73 Å². The van der Waals surface area contributed by atoms with E-state index in [-0.39, 0.29) is 0 Å². The molecule has 0 saturated heterocycles. The lowest BCUT2D eigenvalue weighted by molar-refractivity contribution is 1.61. The number of anilines is 1. The fourth-order valence-corrected chi connectivity index (χ4v) is 2.73. The van der Waals surface area contributed by atoms with Gasteiger partial charge in [0.05, 0.1) is 0 Å². The van der Waals surface area contributed by atoms with E-state index < -0.39 is 0 Å². The number of rotatable bonds is 1. The molecule has 0 saturated carbocycles. The largest absolute Gasteiger partial charge is 0.399 e. The molecule has 0 fully saturated rings. The van der Waals surface area contributed by atoms with Crippen molar-refractivity contribution in [3.63, 3.8) is 0 Å². The topological polar surface area (TPSA) is 26.0 Å². The predicted octanol–water partition coefficient (Wildman–Crippen LogP) is 3.83. The van der Waals surface area contributed by atoms with Crippen molar-refractivity contribution in [3.8, 4) is 0 Å². The van der Waals surface area contributed by atoms with Crippen LogP contribution in [0.25, 0.3) is 16.2 Å². The maximum absolute atomic E-state index is 5.75. The smallest absolute Gasteiger partial charge is 0.0372 e. The summed E-state index contributed by atoms with van der Waals surface area (Å²) in [4.78, 5) is 1.35. The SMILES string of the molecule is C/C=C\c1c(C)sc2cc(N)ccc12. The van der Waals surface area contributed by atoms with Crippen LogP contribution in [0.15, 0.2) is 24.3 Å². The van der Waals surface area contributed by atoms with Crippen LogP contribution in [0.2, 0.25) is 0 Å². The average molecular weight is 203 g/mol. The molecule has 0 radical (unpaired) electrons. The van der Waals surface area contributed by atoms with Gasteiger partial charge in [-0.15, -0.1) is 11.3 Å². The van der Waals surface area contributed by atoms with Gasteiger partial charge in [-0.1, -0.05) is 18.2 Å². The van der Waals surface area contributed by atoms with Crippen LogP contribution in [0, 0.1) is 6.92 Å². The lowest BCUT2D eigenvalue weighted by atomic mass is 10.1. The summed E-state index contributed by atoms with van der Waals surface area (Å²) in [6.45, 7) is 4.19. The van der Waals surface area contributed by atoms with Gasteiger partial charge >= 0.3 is 0 Å². The van der Waals surface area contributed by atoms with E-state index in [9.17, 15) is 0 Å². The quantitative estimate of drug-likeness (QED) is 0.700. The first kappa shape index (κ1) is 9.28. The monoisotopic (exact) mass is 203 g/mol. The Kier molecular flexibility index (Phi) is 2.30. The highest BCUT2D eigenvalue weighted by molar-refractivity contribution is 7.19. The molecule has 1 aromatic carbocycles. The molecule has 14 heavy (non-hydrogen) atoms. The number of nitrogen functional groups attached to an aromatic ring is 1. The van der Waals surface area contributed by atoms with Gasteiger partial charge in [0.1, 0.15) is 0 Å². The Morgan fingerprint density at radius 1 is 1.36 bits per heavy atom. The molecule has 0 aliphatic rings. The van der Waals surface area contributed by atoms with Gasteiger partial charge in [0.25, 0.3) is 0 Å². The molecule has 1 heterocycles. The Hall–Kier alpha value is -1.28. The number of nitrogens with two attached hydrogens (primary N) is 1. The van der Waals surface area contributed by atoms with E-state index in [0.29, 0.717) is 0 Å². The number of fused-ring (bicyclic) bond motifs is 1. The number of allylic oxidation sites excluding steroid dienone is 1. The molecule has 1 nitrogen and oxygen atoms in total. The summed E-state index contributed by atoms with van der Waals surface area (Å²) in [6, 6.07) is 6.10. The van der Waals surface area contributed by atoms with Crippen molar-refractivity contribution in [3.05, 3.63) is 34.7 Å². The molecule has 0 aliphatic carbocycles. The first-order chi connectivity index (χ1) is 6.72.